The molecule has 5 rings (SSSR count). The Labute approximate surface area is 183 Å². The zero-order valence-electron chi connectivity index (χ0n) is 17.3. The molecule has 11 heteroatoms. The number of amides is 4. The van der Waals surface area contributed by atoms with Crippen LogP contribution in [0.25, 0.3) is 0 Å². The van der Waals surface area contributed by atoms with Crippen molar-refractivity contribution in [3.05, 3.63) is 41.0 Å². The maximum Gasteiger partial charge on any atom is 0.262 e. The van der Waals surface area contributed by atoms with Crippen LogP contribution < -0.4 is 20.9 Å². The highest BCUT2D eigenvalue weighted by Gasteiger charge is 2.45. The number of nitrogens with zero attached hydrogens (tertiary/aromatic N) is 3. The number of aromatic amines is 1. The van der Waals surface area contributed by atoms with Crippen molar-refractivity contribution in [2.24, 2.45) is 0 Å². The van der Waals surface area contributed by atoms with Crippen LogP contribution in [-0.2, 0) is 16.1 Å². The van der Waals surface area contributed by atoms with Crippen LogP contribution in [0.3, 0.4) is 0 Å². The van der Waals surface area contributed by atoms with E-state index in [0.29, 0.717) is 17.9 Å². The van der Waals surface area contributed by atoms with Gasteiger partial charge in [0, 0.05) is 45.2 Å². The third kappa shape index (κ3) is 3.50. The molecule has 1 aromatic carbocycles. The van der Waals surface area contributed by atoms with E-state index in [0.717, 1.165) is 36.9 Å². The molecule has 2 aromatic rings. The van der Waals surface area contributed by atoms with Crippen LogP contribution in [0.1, 0.15) is 39.1 Å². The Morgan fingerprint density at radius 2 is 1.91 bits per heavy atom. The van der Waals surface area contributed by atoms with Gasteiger partial charge in [-0.2, -0.15) is 5.10 Å². The third-order valence-corrected chi connectivity index (χ3v) is 6.03. The molecule has 2 saturated heterocycles. The molecular weight excluding hydrogens is 414 g/mol. The molecule has 0 spiro atoms. The van der Waals surface area contributed by atoms with Gasteiger partial charge in [-0.15, -0.1) is 0 Å². The van der Waals surface area contributed by atoms with Gasteiger partial charge in [-0.25, -0.2) is 0 Å². The van der Waals surface area contributed by atoms with Crippen molar-refractivity contribution >= 4 is 35.3 Å². The fraction of sp³-hybridized carbons (Fsp3) is 0.381. The first-order valence-electron chi connectivity index (χ1n) is 10.6. The van der Waals surface area contributed by atoms with Crippen LogP contribution in [-0.4, -0.2) is 70.9 Å². The van der Waals surface area contributed by atoms with Crippen molar-refractivity contribution in [2.45, 2.75) is 25.4 Å². The number of rotatable bonds is 5. The van der Waals surface area contributed by atoms with E-state index in [9.17, 15) is 19.2 Å². The lowest BCUT2D eigenvalue weighted by atomic mass is 10.0. The lowest BCUT2D eigenvalue weighted by Crippen LogP contribution is -2.54. The van der Waals surface area contributed by atoms with E-state index in [1.807, 2.05) is 6.07 Å². The van der Waals surface area contributed by atoms with Gasteiger partial charge >= 0.3 is 0 Å². The molecule has 2 fully saturated rings. The zero-order chi connectivity index (χ0) is 22.2. The van der Waals surface area contributed by atoms with Gasteiger partial charge < -0.3 is 15.5 Å². The number of H-pyrrole nitrogens is 1. The largest absolute Gasteiger partial charge is 0.366 e. The Balaban J connectivity index is 1.33. The molecule has 0 saturated carbocycles. The highest BCUT2D eigenvalue weighted by Crippen LogP contribution is 2.30. The molecule has 1 unspecified atom stereocenters. The van der Waals surface area contributed by atoms with E-state index in [4.69, 9.17) is 0 Å². The molecule has 3 aliphatic rings. The summed E-state index contributed by atoms with van der Waals surface area (Å²) in [5, 5.41) is 16.0. The van der Waals surface area contributed by atoms with Crippen molar-refractivity contribution in [3.63, 3.8) is 0 Å². The summed E-state index contributed by atoms with van der Waals surface area (Å²) in [6.45, 7) is 3.87. The summed E-state index contributed by atoms with van der Waals surface area (Å²) in [4.78, 5) is 52.9. The molecule has 1 aromatic heterocycles. The predicted molar refractivity (Wildman–Crippen MR) is 114 cm³/mol. The number of benzene rings is 1. The van der Waals surface area contributed by atoms with E-state index in [1.165, 1.54) is 0 Å². The van der Waals surface area contributed by atoms with Gasteiger partial charge in [0.2, 0.25) is 11.8 Å². The SMILES string of the molecule is O=C1CCC(N2C(=O)c3cccc(CNc4cc(N5CCNCC5)n[nH]4)c3C2=O)C(=O)N1. The number of hydrogen-bond donors (Lipinski definition) is 4. The summed E-state index contributed by atoms with van der Waals surface area (Å²) in [5.74, 6) is -0.481. The molecule has 4 amide bonds. The van der Waals surface area contributed by atoms with Crippen molar-refractivity contribution < 1.29 is 19.2 Å². The lowest BCUT2D eigenvalue weighted by molar-refractivity contribution is -0.136. The first-order valence-corrected chi connectivity index (χ1v) is 10.6. The van der Waals surface area contributed by atoms with Gasteiger partial charge in [0.15, 0.2) is 5.82 Å². The fourth-order valence-electron chi connectivity index (χ4n) is 4.38. The molecule has 0 aliphatic carbocycles. The highest BCUT2D eigenvalue weighted by atomic mass is 16.2. The van der Waals surface area contributed by atoms with Crippen LogP contribution >= 0.6 is 0 Å². The number of piperidine rings is 1. The monoisotopic (exact) mass is 437 g/mol. The quantitative estimate of drug-likeness (QED) is 0.473. The molecule has 32 heavy (non-hydrogen) atoms. The molecule has 11 nitrogen and oxygen atoms in total. The number of anilines is 2. The Bertz CT molecular complexity index is 1110. The molecule has 166 valence electrons. The van der Waals surface area contributed by atoms with Crippen molar-refractivity contribution in [1.29, 1.82) is 0 Å². The first-order chi connectivity index (χ1) is 15.5. The Hall–Kier alpha value is -3.73. The molecular formula is C21H23N7O4. The van der Waals surface area contributed by atoms with Gasteiger partial charge in [0.25, 0.3) is 11.8 Å². The Kier molecular flexibility index (Phi) is 5.10. The lowest BCUT2D eigenvalue weighted by Gasteiger charge is -2.27. The van der Waals surface area contributed by atoms with E-state index in [-0.39, 0.29) is 24.0 Å². The average molecular weight is 437 g/mol. The standard InChI is InChI=1S/C21H23N7O4/c29-17-5-4-14(19(30)24-17)28-20(31)13-3-1-2-12(18(13)21(28)32)11-23-15-10-16(26-25-15)27-8-6-22-7-9-27/h1-3,10,14,22H,4-9,11H2,(H2,23,25,26)(H,24,29,30). The molecule has 4 heterocycles. The van der Waals surface area contributed by atoms with Crippen LogP contribution in [0, 0.1) is 0 Å². The summed E-state index contributed by atoms with van der Waals surface area (Å²) in [7, 11) is 0. The second-order valence-electron chi connectivity index (χ2n) is 8.02. The summed E-state index contributed by atoms with van der Waals surface area (Å²) < 4.78 is 0. The van der Waals surface area contributed by atoms with E-state index in [1.54, 1.807) is 18.2 Å². The van der Waals surface area contributed by atoms with E-state index >= 15 is 0 Å². The smallest absolute Gasteiger partial charge is 0.262 e. The summed E-state index contributed by atoms with van der Waals surface area (Å²) in [6.07, 6.45) is 0.222. The number of imide groups is 2. The molecule has 3 aliphatic heterocycles. The number of carbonyl (C=O) groups excluding carboxylic acids is 4. The maximum atomic E-state index is 13.2. The minimum absolute atomic E-state index is 0.0907. The predicted octanol–water partition coefficient (Wildman–Crippen LogP) is -0.167. The summed E-state index contributed by atoms with van der Waals surface area (Å²) in [6, 6.07) is 6.02. The van der Waals surface area contributed by atoms with Crippen LogP contribution in [0.15, 0.2) is 24.3 Å². The minimum Gasteiger partial charge on any atom is -0.366 e. The van der Waals surface area contributed by atoms with Crippen molar-refractivity contribution in [2.75, 3.05) is 36.4 Å². The molecule has 4 N–H and O–H groups in total. The Morgan fingerprint density at radius 3 is 2.69 bits per heavy atom. The zero-order valence-corrected chi connectivity index (χ0v) is 17.3. The number of aromatic nitrogens is 2. The average Bonchev–Trinajstić information content (AvgIpc) is 3.37. The molecule has 0 bridgehead atoms. The van der Waals surface area contributed by atoms with Crippen LogP contribution in [0.4, 0.5) is 11.6 Å². The topological polar surface area (TPSA) is 140 Å². The summed E-state index contributed by atoms with van der Waals surface area (Å²) in [5.41, 5.74) is 1.20. The van der Waals surface area contributed by atoms with Gasteiger partial charge in [-0.3, -0.25) is 34.5 Å². The maximum absolute atomic E-state index is 13.2. The van der Waals surface area contributed by atoms with E-state index < -0.39 is 29.7 Å². The Morgan fingerprint density at radius 1 is 1.09 bits per heavy atom. The number of fused-ring (bicyclic) bond motifs is 1. The fourth-order valence-corrected chi connectivity index (χ4v) is 4.38. The van der Waals surface area contributed by atoms with Crippen molar-refractivity contribution in [1.82, 2.24) is 25.7 Å². The van der Waals surface area contributed by atoms with Gasteiger partial charge in [-0.05, 0) is 18.1 Å². The second-order valence-corrected chi connectivity index (χ2v) is 8.02. The van der Waals surface area contributed by atoms with Crippen LogP contribution in [0.5, 0.6) is 0 Å². The summed E-state index contributed by atoms with van der Waals surface area (Å²) >= 11 is 0. The molecule has 1 atom stereocenters. The molecule has 0 radical (unpaired) electrons. The second kappa shape index (κ2) is 8.08. The van der Waals surface area contributed by atoms with E-state index in [2.05, 4.69) is 31.0 Å². The highest BCUT2D eigenvalue weighted by molar-refractivity contribution is 6.24. The minimum atomic E-state index is -0.977. The first kappa shape index (κ1) is 20.2. The van der Waals surface area contributed by atoms with Gasteiger partial charge in [0.05, 0.1) is 11.1 Å². The number of carbonyl (C=O) groups is 4. The normalized spacial score (nSPS) is 21.1. The van der Waals surface area contributed by atoms with Gasteiger partial charge in [0.1, 0.15) is 11.9 Å². The number of hydrogen-bond acceptors (Lipinski definition) is 8. The number of nitrogens with one attached hydrogen (secondary N) is 4. The van der Waals surface area contributed by atoms with Gasteiger partial charge in [-0.1, -0.05) is 12.1 Å². The third-order valence-electron chi connectivity index (χ3n) is 6.03. The van der Waals surface area contributed by atoms with Crippen molar-refractivity contribution in [3.8, 4) is 0 Å². The van der Waals surface area contributed by atoms with Crippen LogP contribution in [0.2, 0.25) is 0 Å². The number of piperazine rings is 1.